The number of benzene rings is 1. The molecule has 0 bridgehead atoms. The van der Waals surface area contributed by atoms with Crippen LogP contribution in [0.1, 0.15) is 25.0 Å². The SMILES string of the molecule is CCOCCN1CCC(O)c2ccccc21. The molecule has 0 radical (unpaired) electrons. The summed E-state index contributed by atoms with van der Waals surface area (Å²) in [5.41, 5.74) is 2.20. The molecule has 3 heteroatoms. The summed E-state index contributed by atoms with van der Waals surface area (Å²) in [4.78, 5) is 2.29. The van der Waals surface area contributed by atoms with Crippen LogP contribution in [0.15, 0.2) is 24.3 Å². The summed E-state index contributed by atoms with van der Waals surface area (Å²) in [6.45, 7) is 5.33. The molecule has 0 aliphatic carbocycles. The minimum Gasteiger partial charge on any atom is -0.388 e. The van der Waals surface area contributed by atoms with Gasteiger partial charge in [-0.25, -0.2) is 0 Å². The average Bonchev–Trinajstić information content (AvgIpc) is 2.33. The van der Waals surface area contributed by atoms with Gasteiger partial charge in [0.05, 0.1) is 12.7 Å². The molecule has 1 aromatic rings. The first-order valence-electron chi connectivity index (χ1n) is 5.92. The van der Waals surface area contributed by atoms with Gasteiger partial charge in [0.15, 0.2) is 0 Å². The highest BCUT2D eigenvalue weighted by molar-refractivity contribution is 5.56. The van der Waals surface area contributed by atoms with Crippen molar-refractivity contribution in [2.75, 3.05) is 31.2 Å². The summed E-state index contributed by atoms with van der Waals surface area (Å²) in [6, 6.07) is 8.08. The third-order valence-electron chi connectivity index (χ3n) is 3.02. The lowest BCUT2D eigenvalue weighted by molar-refractivity contribution is 0.145. The monoisotopic (exact) mass is 221 g/mol. The fourth-order valence-corrected chi connectivity index (χ4v) is 2.16. The lowest BCUT2D eigenvalue weighted by Gasteiger charge is -2.33. The van der Waals surface area contributed by atoms with Crippen molar-refractivity contribution in [2.24, 2.45) is 0 Å². The molecule has 2 rings (SSSR count). The zero-order valence-corrected chi connectivity index (χ0v) is 9.72. The zero-order valence-electron chi connectivity index (χ0n) is 9.72. The van der Waals surface area contributed by atoms with Crippen LogP contribution in [0.4, 0.5) is 5.69 Å². The average molecular weight is 221 g/mol. The maximum absolute atomic E-state index is 9.89. The second-order valence-electron chi connectivity index (χ2n) is 4.05. The molecule has 1 aromatic carbocycles. The van der Waals surface area contributed by atoms with Gasteiger partial charge >= 0.3 is 0 Å². The molecule has 0 spiro atoms. The van der Waals surface area contributed by atoms with Crippen LogP contribution in [0.3, 0.4) is 0 Å². The second-order valence-corrected chi connectivity index (χ2v) is 4.05. The van der Waals surface area contributed by atoms with Gasteiger partial charge in [0.2, 0.25) is 0 Å². The number of hydrogen-bond acceptors (Lipinski definition) is 3. The summed E-state index contributed by atoms with van der Waals surface area (Å²) in [6.07, 6.45) is 0.503. The fraction of sp³-hybridized carbons (Fsp3) is 0.538. The molecular weight excluding hydrogens is 202 g/mol. The number of anilines is 1. The normalized spacial score (nSPS) is 19.6. The van der Waals surface area contributed by atoms with Gasteiger partial charge in [0, 0.05) is 30.9 Å². The standard InChI is InChI=1S/C13H19NO2/c1-2-16-10-9-14-8-7-13(15)11-5-3-4-6-12(11)14/h3-6,13,15H,2,7-10H2,1H3. The first kappa shape index (κ1) is 11.4. The Morgan fingerprint density at radius 2 is 2.25 bits per heavy atom. The Kier molecular flexibility index (Phi) is 3.80. The highest BCUT2D eigenvalue weighted by Crippen LogP contribution is 2.32. The van der Waals surface area contributed by atoms with Crippen molar-refractivity contribution < 1.29 is 9.84 Å². The minimum atomic E-state index is -0.306. The zero-order chi connectivity index (χ0) is 11.4. The van der Waals surface area contributed by atoms with Crippen LogP contribution in [-0.2, 0) is 4.74 Å². The van der Waals surface area contributed by atoms with Gasteiger partial charge in [-0.2, -0.15) is 0 Å². The maximum atomic E-state index is 9.89. The van der Waals surface area contributed by atoms with Crippen LogP contribution >= 0.6 is 0 Å². The van der Waals surface area contributed by atoms with Crippen LogP contribution in [-0.4, -0.2) is 31.4 Å². The molecule has 0 aromatic heterocycles. The van der Waals surface area contributed by atoms with Crippen molar-refractivity contribution in [3.8, 4) is 0 Å². The number of hydrogen-bond donors (Lipinski definition) is 1. The van der Waals surface area contributed by atoms with E-state index in [0.29, 0.717) is 0 Å². The number of fused-ring (bicyclic) bond motifs is 1. The number of ether oxygens (including phenoxy) is 1. The second kappa shape index (κ2) is 5.32. The van der Waals surface area contributed by atoms with Crippen molar-refractivity contribution in [3.63, 3.8) is 0 Å². The van der Waals surface area contributed by atoms with E-state index < -0.39 is 0 Å². The van der Waals surface area contributed by atoms with Crippen LogP contribution in [0.25, 0.3) is 0 Å². The number of aliphatic hydroxyl groups excluding tert-OH is 1. The predicted molar refractivity (Wildman–Crippen MR) is 64.7 cm³/mol. The molecule has 1 unspecified atom stereocenters. The van der Waals surface area contributed by atoms with Gasteiger partial charge in [-0.15, -0.1) is 0 Å². The summed E-state index contributed by atoms with van der Waals surface area (Å²) < 4.78 is 5.37. The largest absolute Gasteiger partial charge is 0.388 e. The highest BCUT2D eigenvalue weighted by Gasteiger charge is 2.22. The van der Waals surface area contributed by atoms with Crippen LogP contribution in [0.2, 0.25) is 0 Å². The molecule has 16 heavy (non-hydrogen) atoms. The number of para-hydroxylation sites is 1. The quantitative estimate of drug-likeness (QED) is 0.789. The van der Waals surface area contributed by atoms with E-state index >= 15 is 0 Å². The Balaban J connectivity index is 2.09. The van der Waals surface area contributed by atoms with Crippen molar-refractivity contribution in [1.82, 2.24) is 0 Å². The molecule has 0 saturated heterocycles. The molecule has 0 amide bonds. The third-order valence-corrected chi connectivity index (χ3v) is 3.02. The summed E-state index contributed by atoms with van der Waals surface area (Å²) in [5, 5.41) is 9.89. The minimum absolute atomic E-state index is 0.306. The van der Waals surface area contributed by atoms with Gasteiger partial charge in [-0.1, -0.05) is 18.2 Å². The Morgan fingerprint density at radius 3 is 3.06 bits per heavy atom. The Bertz CT molecular complexity index is 340. The maximum Gasteiger partial charge on any atom is 0.0826 e. The van der Waals surface area contributed by atoms with Gasteiger partial charge < -0.3 is 14.7 Å². The molecule has 88 valence electrons. The topological polar surface area (TPSA) is 32.7 Å². The first-order valence-corrected chi connectivity index (χ1v) is 5.92. The molecule has 1 heterocycles. The van der Waals surface area contributed by atoms with E-state index in [0.717, 1.165) is 44.0 Å². The molecular formula is C13H19NO2. The van der Waals surface area contributed by atoms with Crippen LogP contribution in [0.5, 0.6) is 0 Å². The van der Waals surface area contributed by atoms with Gasteiger partial charge in [-0.05, 0) is 19.4 Å². The summed E-state index contributed by atoms with van der Waals surface area (Å²) in [7, 11) is 0. The van der Waals surface area contributed by atoms with E-state index in [1.54, 1.807) is 0 Å². The summed E-state index contributed by atoms with van der Waals surface area (Å²) in [5.74, 6) is 0. The van der Waals surface area contributed by atoms with Crippen molar-refractivity contribution in [2.45, 2.75) is 19.4 Å². The van der Waals surface area contributed by atoms with E-state index in [4.69, 9.17) is 4.74 Å². The third kappa shape index (κ3) is 2.36. The Morgan fingerprint density at radius 1 is 1.44 bits per heavy atom. The first-order chi connectivity index (χ1) is 7.83. The van der Waals surface area contributed by atoms with Gasteiger partial charge in [0.1, 0.15) is 0 Å². The molecule has 1 N–H and O–H groups in total. The predicted octanol–water partition coefficient (Wildman–Crippen LogP) is 1.97. The van der Waals surface area contributed by atoms with Crippen molar-refractivity contribution in [3.05, 3.63) is 29.8 Å². The van der Waals surface area contributed by atoms with E-state index in [1.165, 1.54) is 0 Å². The molecule has 1 aliphatic heterocycles. The van der Waals surface area contributed by atoms with Gasteiger partial charge in [-0.3, -0.25) is 0 Å². The fourth-order valence-electron chi connectivity index (χ4n) is 2.16. The summed E-state index contributed by atoms with van der Waals surface area (Å²) >= 11 is 0. The lowest BCUT2D eigenvalue weighted by Crippen LogP contribution is -2.33. The van der Waals surface area contributed by atoms with E-state index in [1.807, 2.05) is 25.1 Å². The van der Waals surface area contributed by atoms with Gasteiger partial charge in [0.25, 0.3) is 0 Å². The van der Waals surface area contributed by atoms with Crippen molar-refractivity contribution in [1.29, 1.82) is 0 Å². The molecule has 1 aliphatic rings. The van der Waals surface area contributed by atoms with E-state index in [-0.39, 0.29) is 6.10 Å². The highest BCUT2D eigenvalue weighted by atomic mass is 16.5. The van der Waals surface area contributed by atoms with Crippen molar-refractivity contribution >= 4 is 5.69 Å². The number of nitrogens with zero attached hydrogens (tertiary/aromatic N) is 1. The molecule has 0 fully saturated rings. The number of rotatable bonds is 4. The van der Waals surface area contributed by atoms with Crippen LogP contribution < -0.4 is 4.90 Å². The molecule has 1 atom stereocenters. The molecule has 3 nitrogen and oxygen atoms in total. The smallest absolute Gasteiger partial charge is 0.0826 e. The Labute approximate surface area is 96.6 Å². The number of aliphatic hydroxyl groups is 1. The lowest BCUT2D eigenvalue weighted by atomic mass is 9.99. The molecule has 0 saturated carbocycles. The Hall–Kier alpha value is -1.06. The van der Waals surface area contributed by atoms with Crippen LogP contribution in [0, 0.1) is 0 Å². The van der Waals surface area contributed by atoms with E-state index in [2.05, 4.69) is 11.0 Å². The van der Waals surface area contributed by atoms with E-state index in [9.17, 15) is 5.11 Å².